The van der Waals surface area contributed by atoms with E-state index in [1.807, 2.05) is 0 Å². The lowest BCUT2D eigenvalue weighted by Gasteiger charge is -2.12. The van der Waals surface area contributed by atoms with Crippen molar-refractivity contribution in [3.8, 4) is 23.0 Å². The Balaban J connectivity index is 2.01. The fourth-order valence-electron chi connectivity index (χ4n) is 2.32. The van der Waals surface area contributed by atoms with Gasteiger partial charge in [0.05, 0.1) is 35.7 Å². The fourth-order valence-corrected chi connectivity index (χ4v) is 2.90. The molecule has 0 radical (unpaired) electrons. The third-order valence-corrected chi connectivity index (χ3v) is 4.58. The molecular formula is C17H17N3O4S. The number of aromatic nitrogens is 2. The molecule has 0 aliphatic rings. The Hall–Kier alpha value is -2.87. The molecule has 0 aliphatic heterocycles. The van der Waals surface area contributed by atoms with Gasteiger partial charge < -0.3 is 14.2 Å². The van der Waals surface area contributed by atoms with Gasteiger partial charge in [-0.1, -0.05) is 0 Å². The second-order valence-corrected chi connectivity index (χ2v) is 7.42. The second kappa shape index (κ2) is 6.56. The van der Waals surface area contributed by atoms with Crippen molar-refractivity contribution in [2.45, 2.75) is 5.03 Å². The van der Waals surface area contributed by atoms with Crippen molar-refractivity contribution in [1.29, 1.82) is 4.78 Å². The molecule has 25 heavy (non-hydrogen) atoms. The summed E-state index contributed by atoms with van der Waals surface area (Å²) in [5.41, 5.74) is 0.697. The standard InChI is InChI=1S/C17H17N3O4S/c1-22-15-8-12-13(9-16(15)23-2)19-7-6-14(12)24-11-4-5-17(20-10-11)25(3,18)21/h4-10,18H,1-3H3. The van der Waals surface area contributed by atoms with Gasteiger partial charge in [-0.2, -0.15) is 0 Å². The van der Waals surface area contributed by atoms with Crippen LogP contribution < -0.4 is 14.2 Å². The third kappa shape index (κ3) is 3.48. The molecule has 3 aromatic rings. The van der Waals surface area contributed by atoms with Crippen molar-refractivity contribution >= 4 is 20.6 Å². The van der Waals surface area contributed by atoms with Gasteiger partial charge in [-0.25, -0.2) is 14.0 Å². The summed E-state index contributed by atoms with van der Waals surface area (Å²) in [7, 11) is 0.276. The van der Waals surface area contributed by atoms with E-state index in [1.165, 1.54) is 18.5 Å². The molecule has 0 aliphatic carbocycles. The predicted molar refractivity (Wildman–Crippen MR) is 94.2 cm³/mol. The van der Waals surface area contributed by atoms with Crippen molar-refractivity contribution < 1.29 is 18.4 Å². The first-order valence-corrected chi connectivity index (χ1v) is 9.27. The van der Waals surface area contributed by atoms with Crippen molar-refractivity contribution in [1.82, 2.24) is 9.97 Å². The van der Waals surface area contributed by atoms with Crippen molar-refractivity contribution in [2.75, 3.05) is 20.5 Å². The molecule has 2 heterocycles. The molecule has 1 atom stereocenters. The maximum absolute atomic E-state index is 11.7. The summed E-state index contributed by atoms with van der Waals surface area (Å²) in [6.07, 6.45) is 4.40. The van der Waals surface area contributed by atoms with Crippen LogP contribution in [0.2, 0.25) is 0 Å². The Kier molecular flexibility index (Phi) is 4.45. The average Bonchev–Trinajstić information content (AvgIpc) is 2.60. The molecule has 130 valence electrons. The van der Waals surface area contributed by atoms with Crippen molar-refractivity contribution in [3.63, 3.8) is 0 Å². The number of benzene rings is 1. The van der Waals surface area contributed by atoms with Crippen LogP contribution in [0.15, 0.2) is 47.8 Å². The average molecular weight is 359 g/mol. The van der Waals surface area contributed by atoms with E-state index in [1.54, 1.807) is 44.7 Å². The van der Waals surface area contributed by atoms with Crippen molar-refractivity contribution in [2.24, 2.45) is 0 Å². The van der Waals surface area contributed by atoms with E-state index in [0.717, 1.165) is 5.39 Å². The molecule has 1 aromatic carbocycles. The van der Waals surface area contributed by atoms with Gasteiger partial charge in [-0.15, -0.1) is 0 Å². The maximum Gasteiger partial charge on any atom is 0.162 e. The lowest BCUT2D eigenvalue weighted by molar-refractivity contribution is 0.355. The molecule has 3 rings (SSSR count). The van der Waals surface area contributed by atoms with E-state index in [-0.39, 0.29) is 5.03 Å². The molecule has 0 bridgehead atoms. The van der Waals surface area contributed by atoms with E-state index in [9.17, 15) is 4.21 Å². The summed E-state index contributed by atoms with van der Waals surface area (Å²) in [6, 6.07) is 8.45. The Morgan fingerprint density at radius 2 is 1.72 bits per heavy atom. The minimum absolute atomic E-state index is 0.214. The number of ether oxygens (including phenoxy) is 3. The van der Waals surface area contributed by atoms with E-state index in [0.29, 0.717) is 28.5 Å². The number of methoxy groups -OCH3 is 2. The first-order chi connectivity index (χ1) is 11.9. The quantitative estimate of drug-likeness (QED) is 0.749. The molecule has 0 amide bonds. The molecular weight excluding hydrogens is 342 g/mol. The summed E-state index contributed by atoms with van der Waals surface area (Å²) in [5, 5.41) is 0.967. The Bertz CT molecular complexity index is 1020. The van der Waals surface area contributed by atoms with Gasteiger partial charge in [-0.05, 0) is 24.3 Å². The first-order valence-electron chi connectivity index (χ1n) is 7.31. The van der Waals surface area contributed by atoms with Gasteiger partial charge in [0.15, 0.2) is 11.5 Å². The van der Waals surface area contributed by atoms with Crippen LogP contribution >= 0.6 is 0 Å². The van der Waals surface area contributed by atoms with Crippen LogP contribution in [-0.4, -0.2) is 34.7 Å². The van der Waals surface area contributed by atoms with Gasteiger partial charge in [0.1, 0.15) is 16.5 Å². The smallest absolute Gasteiger partial charge is 0.162 e. The van der Waals surface area contributed by atoms with Gasteiger partial charge in [0.2, 0.25) is 0 Å². The highest BCUT2D eigenvalue weighted by molar-refractivity contribution is 7.91. The zero-order valence-electron chi connectivity index (χ0n) is 14.0. The highest BCUT2D eigenvalue weighted by atomic mass is 32.2. The van der Waals surface area contributed by atoms with E-state index in [2.05, 4.69) is 9.97 Å². The minimum Gasteiger partial charge on any atom is -0.493 e. The molecule has 1 N–H and O–H groups in total. The van der Waals surface area contributed by atoms with Crippen LogP contribution in [0.25, 0.3) is 10.9 Å². The van der Waals surface area contributed by atoms with Gasteiger partial charge in [-0.3, -0.25) is 4.98 Å². The summed E-state index contributed by atoms with van der Waals surface area (Å²) in [5.74, 6) is 2.19. The molecule has 1 unspecified atom stereocenters. The molecule has 0 saturated heterocycles. The number of fused-ring (bicyclic) bond motifs is 1. The number of hydrogen-bond donors (Lipinski definition) is 1. The highest BCUT2D eigenvalue weighted by Crippen LogP contribution is 2.36. The van der Waals surface area contributed by atoms with Crippen LogP contribution in [0.1, 0.15) is 0 Å². The Morgan fingerprint density at radius 1 is 1.00 bits per heavy atom. The van der Waals surface area contributed by atoms with Gasteiger partial charge in [0, 0.05) is 23.9 Å². The molecule has 0 spiro atoms. The summed E-state index contributed by atoms with van der Waals surface area (Å²) in [4.78, 5) is 8.36. The predicted octanol–water partition coefficient (Wildman–Crippen LogP) is 3.47. The SMILES string of the molecule is COc1cc2nccc(Oc3ccc(S(C)(=N)=O)nc3)c2cc1OC. The summed E-state index contributed by atoms with van der Waals surface area (Å²) in [6.45, 7) is 0. The molecule has 0 saturated carbocycles. The summed E-state index contributed by atoms with van der Waals surface area (Å²) < 4.78 is 35.7. The Labute approximate surface area is 145 Å². The highest BCUT2D eigenvalue weighted by Gasteiger charge is 2.12. The normalized spacial score (nSPS) is 13.2. The van der Waals surface area contributed by atoms with Crippen LogP contribution in [0.3, 0.4) is 0 Å². The zero-order chi connectivity index (χ0) is 18.0. The second-order valence-electron chi connectivity index (χ2n) is 5.31. The molecule has 2 aromatic heterocycles. The lowest BCUT2D eigenvalue weighted by atomic mass is 10.2. The molecule has 8 heteroatoms. The lowest BCUT2D eigenvalue weighted by Crippen LogP contribution is -1.98. The van der Waals surface area contributed by atoms with Gasteiger partial charge >= 0.3 is 0 Å². The number of nitrogens with one attached hydrogen (secondary N) is 1. The summed E-state index contributed by atoms with van der Waals surface area (Å²) >= 11 is 0. The zero-order valence-corrected chi connectivity index (χ0v) is 14.8. The van der Waals surface area contributed by atoms with Crippen LogP contribution in [-0.2, 0) is 9.73 Å². The number of nitrogens with zero attached hydrogens (tertiary/aromatic N) is 2. The molecule has 7 nitrogen and oxygen atoms in total. The van der Waals surface area contributed by atoms with E-state index in [4.69, 9.17) is 19.0 Å². The monoisotopic (exact) mass is 359 g/mol. The topological polar surface area (TPSA) is 94.4 Å². The van der Waals surface area contributed by atoms with E-state index < -0.39 is 9.73 Å². The Morgan fingerprint density at radius 3 is 2.32 bits per heavy atom. The van der Waals surface area contributed by atoms with Crippen LogP contribution in [0.5, 0.6) is 23.0 Å². The largest absolute Gasteiger partial charge is 0.493 e. The number of rotatable bonds is 5. The number of pyridine rings is 2. The third-order valence-electron chi connectivity index (χ3n) is 3.54. The van der Waals surface area contributed by atoms with Gasteiger partial charge in [0.25, 0.3) is 0 Å². The van der Waals surface area contributed by atoms with E-state index >= 15 is 0 Å². The molecule has 0 fully saturated rings. The van der Waals surface area contributed by atoms with Crippen LogP contribution in [0, 0.1) is 4.78 Å². The maximum atomic E-state index is 11.7. The first kappa shape index (κ1) is 17.0. The van der Waals surface area contributed by atoms with Crippen molar-refractivity contribution in [3.05, 3.63) is 42.7 Å². The fraction of sp³-hybridized carbons (Fsp3) is 0.176. The minimum atomic E-state index is -2.85. The van der Waals surface area contributed by atoms with Crippen LogP contribution in [0.4, 0.5) is 0 Å². The number of hydrogen-bond acceptors (Lipinski definition) is 7.